The monoisotopic (exact) mass is 182 g/mol. The van der Waals surface area contributed by atoms with Gasteiger partial charge < -0.3 is 10.3 Å². The molecule has 0 aromatic carbocycles. The minimum atomic E-state index is -0.0104. The number of H-pyrrole nitrogens is 1. The Labute approximate surface area is 74.8 Å². The first-order valence-corrected chi connectivity index (χ1v) is 4.52. The van der Waals surface area contributed by atoms with E-state index in [1.165, 1.54) is 11.3 Å². The molecule has 3 nitrogen and oxygen atoms in total. The van der Waals surface area contributed by atoms with Crippen LogP contribution in [-0.2, 0) is 6.54 Å². The van der Waals surface area contributed by atoms with Gasteiger partial charge in [0.2, 0.25) is 0 Å². The van der Waals surface area contributed by atoms with E-state index in [9.17, 15) is 4.79 Å². The molecule has 1 aromatic rings. The van der Waals surface area contributed by atoms with Crippen molar-refractivity contribution in [3.63, 3.8) is 0 Å². The zero-order valence-electron chi connectivity index (χ0n) is 6.59. The standard InChI is InChI=1S/C8H10N2OS/c1-2-3-4-9-5-7-6-12-8(11)10-7/h1,6,9H,3-5H2,(H,10,11). The first-order chi connectivity index (χ1) is 5.83. The summed E-state index contributed by atoms with van der Waals surface area (Å²) >= 11 is 1.18. The lowest BCUT2D eigenvalue weighted by molar-refractivity contribution is 0.690. The van der Waals surface area contributed by atoms with Crippen molar-refractivity contribution in [3.05, 3.63) is 20.7 Å². The highest BCUT2D eigenvalue weighted by molar-refractivity contribution is 7.07. The summed E-state index contributed by atoms with van der Waals surface area (Å²) in [6.07, 6.45) is 5.78. The Bertz CT molecular complexity index is 320. The van der Waals surface area contributed by atoms with Crippen LogP contribution in [-0.4, -0.2) is 11.5 Å². The van der Waals surface area contributed by atoms with Crippen LogP contribution in [0.4, 0.5) is 0 Å². The lowest BCUT2D eigenvalue weighted by atomic mass is 10.4. The zero-order chi connectivity index (χ0) is 8.81. The molecule has 0 saturated carbocycles. The molecule has 0 aliphatic rings. The van der Waals surface area contributed by atoms with E-state index in [2.05, 4.69) is 16.2 Å². The van der Waals surface area contributed by atoms with Gasteiger partial charge in [-0.2, -0.15) is 0 Å². The number of hydrogen-bond donors (Lipinski definition) is 2. The van der Waals surface area contributed by atoms with Gasteiger partial charge in [0, 0.05) is 30.6 Å². The summed E-state index contributed by atoms with van der Waals surface area (Å²) in [7, 11) is 0. The molecule has 0 amide bonds. The molecule has 12 heavy (non-hydrogen) atoms. The van der Waals surface area contributed by atoms with E-state index in [0.717, 1.165) is 12.2 Å². The lowest BCUT2D eigenvalue weighted by Gasteiger charge is -1.97. The quantitative estimate of drug-likeness (QED) is 0.527. The maximum absolute atomic E-state index is 10.7. The molecule has 1 aromatic heterocycles. The van der Waals surface area contributed by atoms with Gasteiger partial charge in [-0.3, -0.25) is 4.79 Å². The Morgan fingerprint density at radius 2 is 2.58 bits per heavy atom. The van der Waals surface area contributed by atoms with E-state index >= 15 is 0 Å². The van der Waals surface area contributed by atoms with E-state index in [-0.39, 0.29) is 4.87 Å². The summed E-state index contributed by atoms with van der Waals surface area (Å²) in [5.41, 5.74) is 0.919. The molecular weight excluding hydrogens is 172 g/mol. The van der Waals surface area contributed by atoms with Crippen LogP contribution in [0.2, 0.25) is 0 Å². The molecule has 0 saturated heterocycles. The average Bonchev–Trinajstić information content (AvgIpc) is 2.45. The van der Waals surface area contributed by atoms with E-state index < -0.39 is 0 Å². The zero-order valence-corrected chi connectivity index (χ0v) is 7.41. The number of rotatable bonds is 4. The summed E-state index contributed by atoms with van der Waals surface area (Å²) < 4.78 is 0. The molecule has 1 heterocycles. The van der Waals surface area contributed by atoms with Crippen LogP contribution in [0.15, 0.2) is 10.2 Å². The van der Waals surface area contributed by atoms with E-state index in [0.29, 0.717) is 13.0 Å². The van der Waals surface area contributed by atoms with Crippen LogP contribution in [0.25, 0.3) is 0 Å². The molecule has 0 bridgehead atoms. The average molecular weight is 182 g/mol. The maximum atomic E-state index is 10.7. The highest BCUT2D eigenvalue weighted by Gasteiger charge is 1.93. The summed E-state index contributed by atoms with van der Waals surface area (Å²) in [6, 6.07) is 0. The van der Waals surface area contributed by atoms with Crippen LogP contribution < -0.4 is 10.2 Å². The topological polar surface area (TPSA) is 44.9 Å². The summed E-state index contributed by atoms with van der Waals surface area (Å²) in [5, 5.41) is 4.92. The molecule has 0 fully saturated rings. The summed E-state index contributed by atoms with van der Waals surface area (Å²) in [4.78, 5) is 13.4. The van der Waals surface area contributed by atoms with Crippen molar-refractivity contribution < 1.29 is 0 Å². The van der Waals surface area contributed by atoms with Crippen LogP contribution in [0.5, 0.6) is 0 Å². The van der Waals surface area contributed by atoms with Crippen molar-refractivity contribution in [1.82, 2.24) is 10.3 Å². The maximum Gasteiger partial charge on any atom is 0.304 e. The van der Waals surface area contributed by atoms with E-state index in [1.807, 2.05) is 5.38 Å². The van der Waals surface area contributed by atoms with Gasteiger partial charge in [0.1, 0.15) is 0 Å². The number of terminal acetylenes is 1. The second-order valence-electron chi connectivity index (χ2n) is 2.30. The Kier molecular flexibility index (Phi) is 3.58. The van der Waals surface area contributed by atoms with Crippen LogP contribution in [0.1, 0.15) is 12.1 Å². The van der Waals surface area contributed by atoms with Gasteiger partial charge in [-0.1, -0.05) is 11.3 Å². The molecule has 0 aliphatic heterocycles. The summed E-state index contributed by atoms with van der Waals surface area (Å²) in [5.74, 6) is 2.53. The molecule has 0 spiro atoms. The van der Waals surface area contributed by atoms with E-state index in [4.69, 9.17) is 6.42 Å². The first-order valence-electron chi connectivity index (χ1n) is 3.64. The normalized spacial score (nSPS) is 9.58. The molecule has 0 radical (unpaired) electrons. The van der Waals surface area contributed by atoms with Gasteiger partial charge in [-0.05, 0) is 0 Å². The molecule has 4 heteroatoms. The van der Waals surface area contributed by atoms with E-state index in [1.54, 1.807) is 0 Å². The van der Waals surface area contributed by atoms with Gasteiger partial charge in [0.25, 0.3) is 0 Å². The van der Waals surface area contributed by atoms with Crippen molar-refractivity contribution >= 4 is 11.3 Å². The fourth-order valence-electron chi connectivity index (χ4n) is 0.784. The molecule has 64 valence electrons. The Balaban J connectivity index is 2.25. The predicted octanol–water partition coefficient (Wildman–Crippen LogP) is 0.549. The Morgan fingerprint density at radius 3 is 3.17 bits per heavy atom. The second-order valence-corrected chi connectivity index (χ2v) is 3.15. The predicted molar refractivity (Wildman–Crippen MR) is 50.1 cm³/mol. The van der Waals surface area contributed by atoms with Gasteiger partial charge in [-0.25, -0.2) is 0 Å². The molecule has 2 N–H and O–H groups in total. The number of aromatic nitrogens is 1. The van der Waals surface area contributed by atoms with Crippen molar-refractivity contribution in [1.29, 1.82) is 0 Å². The minimum Gasteiger partial charge on any atom is -0.315 e. The van der Waals surface area contributed by atoms with Gasteiger partial charge in [-0.15, -0.1) is 12.3 Å². The van der Waals surface area contributed by atoms with Gasteiger partial charge in [0.05, 0.1) is 0 Å². The van der Waals surface area contributed by atoms with Gasteiger partial charge >= 0.3 is 4.87 Å². The van der Waals surface area contributed by atoms with Crippen molar-refractivity contribution in [3.8, 4) is 12.3 Å². The molecule has 0 atom stereocenters. The van der Waals surface area contributed by atoms with Crippen molar-refractivity contribution in [2.75, 3.05) is 6.54 Å². The summed E-state index contributed by atoms with van der Waals surface area (Å²) in [6.45, 7) is 1.47. The van der Waals surface area contributed by atoms with Crippen molar-refractivity contribution in [2.45, 2.75) is 13.0 Å². The minimum absolute atomic E-state index is 0.0104. The fraction of sp³-hybridized carbons (Fsp3) is 0.375. The highest BCUT2D eigenvalue weighted by Crippen LogP contribution is 1.93. The number of aromatic amines is 1. The molecule has 1 rings (SSSR count). The molecule has 0 aliphatic carbocycles. The Hall–Kier alpha value is -1.05. The fourth-order valence-corrected chi connectivity index (χ4v) is 1.37. The van der Waals surface area contributed by atoms with Crippen LogP contribution in [0, 0.1) is 12.3 Å². The number of thiazole rings is 1. The van der Waals surface area contributed by atoms with Crippen molar-refractivity contribution in [2.24, 2.45) is 0 Å². The molecule has 0 unspecified atom stereocenters. The first kappa shape index (κ1) is 9.04. The lowest BCUT2D eigenvalue weighted by Crippen LogP contribution is -2.15. The second kappa shape index (κ2) is 4.75. The smallest absolute Gasteiger partial charge is 0.304 e. The van der Waals surface area contributed by atoms with Gasteiger partial charge in [0.15, 0.2) is 0 Å². The number of nitrogens with one attached hydrogen (secondary N) is 2. The third-order valence-corrected chi connectivity index (χ3v) is 2.05. The largest absolute Gasteiger partial charge is 0.315 e. The Morgan fingerprint density at radius 1 is 1.75 bits per heavy atom. The SMILES string of the molecule is C#CCCNCc1csc(=O)[nH]1. The number of hydrogen-bond acceptors (Lipinski definition) is 3. The van der Waals surface area contributed by atoms with Crippen LogP contribution in [0.3, 0.4) is 0 Å². The third-order valence-electron chi connectivity index (χ3n) is 1.33. The molecular formula is C8H10N2OS. The van der Waals surface area contributed by atoms with Crippen LogP contribution >= 0.6 is 11.3 Å². The third kappa shape index (κ3) is 2.91. The highest BCUT2D eigenvalue weighted by atomic mass is 32.1.